The summed E-state index contributed by atoms with van der Waals surface area (Å²) >= 11 is 6.35. The van der Waals surface area contributed by atoms with Gasteiger partial charge in [-0.3, -0.25) is 0 Å². The van der Waals surface area contributed by atoms with Gasteiger partial charge in [0.15, 0.2) is 5.82 Å². The number of hydrogen-bond acceptors (Lipinski definition) is 2. The van der Waals surface area contributed by atoms with E-state index in [9.17, 15) is 0 Å². The van der Waals surface area contributed by atoms with Gasteiger partial charge in [-0.25, -0.2) is 9.97 Å². The van der Waals surface area contributed by atoms with E-state index in [-0.39, 0.29) is 0 Å². The fourth-order valence-corrected chi connectivity index (χ4v) is 2.71. The van der Waals surface area contributed by atoms with Gasteiger partial charge in [-0.05, 0) is 30.0 Å². The first-order valence-corrected chi connectivity index (χ1v) is 7.65. The van der Waals surface area contributed by atoms with Crippen molar-refractivity contribution in [3.05, 3.63) is 58.7 Å². The van der Waals surface area contributed by atoms with Gasteiger partial charge in [0, 0.05) is 10.9 Å². The van der Waals surface area contributed by atoms with E-state index < -0.39 is 0 Å². The lowest BCUT2D eigenvalue weighted by Crippen LogP contribution is -1.95. The highest BCUT2D eigenvalue weighted by Gasteiger charge is 2.10. The molecule has 0 atom stereocenters. The molecule has 3 aromatic rings. The summed E-state index contributed by atoms with van der Waals surface area (Å²) in [5, 5.41) is 1.44. The predicted octanol–water partition coefficient (Wildman–Crippen LogP) is 5.08. The molecule has 0 fully saturated rings. The molecule has 0 saturated heterocycles. The van der Waals surface area contributed by atoms with Gasteiger partial charge in [0.25, 0.3) is 0 Å². The van der Waals surface area contributed by atoms with Crippen molar-refractivity contribution >= 4 is 22.5 Å². The van der Waals surface area contributed by atoms with Crippen molar-refractivity contribution in [2.75, 3.05) is 0 Å². The topological polar surface area (TPSA) is 25.8 Å². The first-order valence-electron chi connectivity index (χ1n) is 7.27. The van der Waals surface area contributed by atoms with Gasteiger partial charge < -0.3 is 0 Å². The smallest absolute Gasteiger partial charge is 0.161 e. The van der Waals surface area contributed by atoms with Crippen LogP contribution in [0.1, 0.15) is 25.0 Å². The quantitative estimate of drug-likeness (QED) is 0.630. The molecule has 2 aromatic carbocycles. The second-order valence-corrected chi connectivity index (χ2v) is 5.41. The third kappa shape index (κ3) is 2.64. The fourth-order valence-electron chi connectivity index (χ4n) is 2.48. The van der Waals surface area contributed by atoms with Crippen LogP contribution in [0.25, 0.3) is 22.3 Å². The number of fused-ring (bicyclic) bond motifs is 1. The van der Waals surface area contributed by atoms with Gasteiger partial charge >= 0.3 is 0 Å². The van der Waals surface area contributed by atoms with Crippen molar-refractivity contribution in [2.45, 2.75) is 26.7 Å². The SMILES string of the molecule is CCc1ccc(-c2nc(Cl)c3cccc(CC)c3n2)cc1. The molecule has 0 bridgehead atoms. The van der Waals surface area contributed by atoms with Gasteiger partial charge in [-0.1, -0.05) is 61.8 Å². The lowest BCUT2D eigenvalue weighted by molar-refractivity contribution is 1.12. The highest BCUT2D eigenvalue weighted by atomic mass is 35.5. The number of nitrogens with zero attached hydrogens (tertiary/aromatic N) is 2. The van der Waals surface area contributed by atoms with Gasteiger partial charge in [0.2, 0.25) is 0 Å². The zero-order valence-electron chi connectivity index (χ0n) is 12.2. The molecule has 3 heteroatoms. The van der Waals surface area contributed by atoms with E-state index in [0.29, 0.717) is 11.0 Å². The van der Waals surface area contributed by atoms with Crippen molar-refractivity contribution in [2.24, 2.45) is 0 Å². The number of aryl methyl sites for hydroxylation is 2. The van der Waals surface area contributed by atoms with E-state index in [4.69, 9.17) is 16.6 Å². The highest BCUT2D eigenvalue weighted by Crippen LogP contribution is 2.27. The van der Waals surface area contributed by atoms with E-state index in [2.05, 4.69) is 49.2 Å². The van der Waals surface area contributed by atoms with Crippen LogP contribution in [0.15, 0.2) is 42.5 Å². The Labute approximate surface area is 129 Å². The Hall–Kier alpha value is -1.93. The minimum absolute atomic E-state index is 0.518. The van der Waals surface area contributed by atoms with Crippen molar-refractivity contribution < 1.29 is 0 Å². The van der Waals surface area contributed by atoms with Gasteiger partial charge in [0.05, 0.1) is 5.52 Å². The van der Waals surface area contributed by atoms with Gasteiger partial charge in [-0.15, -0.1) is 0 Å². The van der Waals surface area contributed by atoms with E-state index in [1.807, 2.05) is 12.1 Å². The number of rotatable bonds is 3. The van der Waals surface area contributed by atoms with Crippen molar-refractivity contribution in [3.63, 3.8) is 0 Å². The summed E-state index contributed by atoms with van der Waals surface area (Å²) in [4.78, 5) is 9.19. The number of hydrogen-bond donors (Lipinski definition) is 0. The van der Waals surface area contributed by atoms with Crippen molar-refractivity contribution in [1.82, 2.24) is 9.97 Å². The van der Waals surface area contributed by atoms with Crippen LogP contribution in [0.5, 0.6) is 0 Å². The molecule has 0 unspecified atom stereocenters. The Bertz CT molecular complexity index is 779. The minimum Gasteiger partial charge on any atom is -0.228 e. The van der Waals surface area contributed by atoms with Crippen LogP contribution in [0.4, 0.5) is 0 Å². The molecular formula is C18H17ClN2. The molecule has 3 rings (SSSR count). The molecule has 106 valence electrons. The molecule has 1 heterocycles. The summed E-state index contributed by atoms with van der Waals surface area (Å²) in [5.74, 6) is 0.691. The molecule has 0 aliphatic rings. The van der Waals surface area contributed by atoms with Crippen LogP contribution >= 0.6 is 11.6 Å². The lowest BCUT2D eigenvalue weighted by Gasteiger charge is -2.08. The van der Waals surface area contributed by atoms with E-state index in [1.165, 1.54) is 11.1 Å². The molecule has 21 heavy (non-hydrogen) atoms. The zero-order valence-corrected chi connectivity index (χ0v) is 13.0. The Balaban J connectivity index is 2.18. The van der Waals surface area contributed by atoms with Crippen LogP contribution in [0, 0.1) is 0 Å². The Morgan fingerprint density at radius 2 is 1.67 bits per heavy atom. The average Bonchev–Trinajstić information content (AvgIpc) is 2.54. The number of benzene rings is 2. The summed E-state index contributed by atoms with van der Waals surface area (Å²) in [6, 6.07) is 14.4. The first-order chi connectivity index (χ1) is 10.2. The first kappa shape index (κ1) is 14.0. The largest absolute Gasteiger partial charge is 0.228 e. The van der Waals surface area contributed by atoms with Crippen molar-refractivity contribution in [1.29, 1.82) is 0 Å². The molecule has 0 aliphatic carbocycles. The summed E-state index contributed by atoms with van der Waals surface area (Å²) in [6.45, 7) is 4.27. The number of para-hydroxylation sites is 1. The Morgan fingerprint density at radius 3 is 2.33 bits per heavy atom. The van der Waals surface area contributed by atoms with Gasteiger partial charge in [0.1, 0.15) is 5.15 Å². The van der Waals surface area contributed by atoms with E-state index >= 15 is 0 Å². The van der Waals surface area contributed by atoms with E-state index in [0.717, 1.165) is 29.3 Å². The molecule has 1 aromatic heterocycles. The van der Waals surface area contributed by atoms with Crippen molar-refractivity contribution in [3.8, 4) is 11.4 Å². The average molecular weight is 297 g/mol. The third-order valence-corrected chi connectivity index (χ3v) is 4.05. The molecule has 0 radical (unpaired) electrons. The van der Waals surface area contributed by atoms with E-state index in [1.54, 1.807) is 0 Å². The molecule has 0 amide bonds. The van der Waals surface area contributed by atoms with Gasteiger partial charge in [-0.2, -0.15) is 0 Å². The maximum Gasteiger partial charge on any atom is 0.161 e. The number of aromatic nitrogens is 2. The maximum absolute atomic E-state index is 6.35. The Morgan fingerprint density at radius 1 is 0.905 bits per heavy atom. The third-order valence-electron chi connectivity index (χ3n) is 3.76. The zero-order chi connectivity index (χ0) is 14.8. The Kier molecular flexibility index (Phi) is 3.89. The molecule has 0 spiro atoms. The minimum atomic E-state index is 0.518. The summed E-state index contributed by atoms with van der Waals surface area (Å²) in [7, 11) is 0. The van der Waals surface area contributed by atoms with Crippen LogP contribution in [0.3, 0.4) is 0 Å². The standard InChI is InChI=1S/C18H17ClN2/c1-3-12-8-10-14(11-9-12)18-20-16-13(4-2)6-5-7-15(16)17(19)21-18/h5-11H,3-4H2,1-2H3. The fraction of sp³-hybridized carbons (Fsp3) is 0.222. The van der Waals surface area contributed by atoms with Crippen LogP contribution in [0.2, 0.25) is 5.15 Å². The number of halogens is 1. The summed E-state index contributed by atoms with van der Waals surface area (Å²) in [6.07, 6.45) is 1.96. The predicted molar refractivity (Wildman–Crippen MR) is 88.7 cm³/mol. The highest BCUT2D eigenvalue weighted by molar-refractivity contribution is 6.34. The monoisotopic (exact) mass is 296 g/mol. The molecule has 0 saturated carbocycles. The normalized spacial score (nSPS) is 11.0. The second-order valence-electron chi connectivity index (χ2n) is 5.06. The lowest BCUT2D eigenvalue weighted by atomic mass is 10.1. The van der Waals surface area contributed by atoms with Crippen LogP contribution in [-0.2, 0) is 12.8 Å². The molecule has 2 nitrogen and oxygen atoms in total. The summed E-state index contributed by atoms with van der Waals surface area (Å²) < 4.78 is 0. The van der Waals surface area contributed by atoms with Crippen LogP contribution < -0.4 is 0 Å². The molecule has 0 aliphatic heterocycles. The molecule has 0 N–H and O–H groups in total. The summed E-state index contributed by atoms with van der Waals surface area (Å²) in [5.41, 5.74) is 4.46. The second kappa shape index (κ2) is 5.82. The maximum atomic E-state index is 6.35. The molecular weight excluding hydrogens is 280 g/mol. The van der Waals surface area contributed by atoms with Crippen LogP contribution in [-0.4, -0.2) is 9.97 Å².